The molecule has 4 N–H and O–H groups in total. The van der Waals surface area contributed by atoms with Crippen LogP contribution in [-0.2, 0) is 17.6 Å². The summed E-state index contributed by atoms with van der Waals surface area (Å²) in [5.41, 5.74) is 9.05. The van der Waals surface area contributed by atoms with Gasteiger partial charge in [-0.15, -0.1) is 0 Å². The Labute approximate surface area is 151 Å². The van der Waals surface area contributed by atoms with Crippen molar-refractivity contribution in [1.29, 1.82) is 0 Å². The minimum absolute atomic E-state index is 0.0989. The third-order valence-electron chi connectivity index (χ3n) is 5.30. The molecule has 1 saturated carbocycles. The molecular weight excluding hydrogens is 333 g/mol. The highest BCUT2D eigenvalue weighted by Gasteiger charge is 2.32. The van der Waals surface area contributed by atoms with Crippen LogP contribution in [0.2, 0.25) is 0 Å². The number of nitrogens with two attached hydrogens (primary N) is 1. The first-order chi connectivity index (χ1) is 12.6. The topological polar surface area (TPSA) is 92.9 Å². The summed E-state index contributed by atoms with van der Waals surface area (Å²) in [6, 6.07) is 6.01. The van der Waals surface area contributed by atoms with E-state index in [4.69, 9.17) is 5.73 Å². The molecule has 1 aromatic carbocycles. The summed E-state index contributed by atoms with van der Waals surface area (Å²) < 4.78 is 14.1. The summed E-state index contributed by atoms with van der Waals surface area (Å²) in [7, 11) is 0. The number of halogens is 1. The number of carbonyl (C=O) groups excluding carboxylic acids is 1. The van der Waals surface area contributed by atoms with Crippen molar-refractivity contribution in [2.45, 2.75) is 44.6 Å². The van der Waals surface area contributed by atoms with Gasteiger partial charge in [0.1, 0.15) is 0 Å². The van der Waals surface area contributed by atoms with E-state index in [1.807, 2.05) is 6.07 Å². The molecule has 0 aliphatic heterocycles. The molecule has 6 nitrogen and oxygen atoms in total. The van der Waals surface area contributed by atoms with Crippen LogP contribution in [0.5, 0.6) is 0 Å². The Morgan fingerprint density at radius 1 is 1.19 bits per heavy atom. The second kappa shape index (κ2) is 6.90. The fraction of sp³-hybridized carbons (Fsp3) is 0.421. The largest absolute Gasteiger partial charge is 0.369 e. The molecule has 1 amide bonds. The molecule has 7 heteroatoms. The SMILES string of the molecule is NC(=O)[C@@H]1CCC[C@@H]1Nc1nc(Nc2ccc3c(c2)CCC3)ncc1F. The van der Waals surface area contributed by atoms with Crippen molar-refractivity contribution >= 4 is 23.4 Å². The Hall–Kier alpha value is -2.70. The van der Waals surface area contributed by atoms with Crippen molar-refractivity contribution in [3.05, 3.63) is 41.3 Å². The second-order valence-electron chi connectivity index (χ2n) is 7.04. The van der Waals surface area contributed by atoms with E-state index < -0.39 is 5.82 Å². The number of nitrogens with one attached hydrogen (secondary N) is 2. The molecular formula is C19H22FN5O. The van der Waals surface area contributed by atoms with Gasteiger partial charge < -0.3 is 16.4 Å². The molecule has 2 aromatic rings. The summed E-state index contributed by atoms with van der Waals surface area (Å²) in [5.74, 6) is -0.773. The van der Waals surface area contributed by atoms with Crippen LogP contribution in [0.15, 0.2) is 24.4 Å². The van der Waals surface area contributed by atoms with Gasteiger partial charge in [0.15, 0.2) is 11.6 Å². The average molecular weight is 355 g/mol. The molecule has 26 heavy (non-hydrogen) atoms. The van der Waals surface area contributed by atoms with Gasteiger partial charge in [-0.3, -0.25) is 4.79 Å². The molecule has 0 saturated heterocycles. The summed E-state index contributed by atoms with van der Waals surface area (Å²) >= 11 is 0. The van der Waals surface area contributed by atoms with E-state index in [9.17, 15) is 9.18 Å². The smallest absolute Gasteiger partial charge is 0.229 e. The maximum atomic E-state index is 14.1. The molecule has 1 aromatic heterocycles. The van der Waals surface area contributed by atoms with Crippen LogP contribution in [0.4, 0.5) is 21.8 Å². The highest BCUT2D eigenvalue weighted by molar-refractivity contribution is 5.78. The van der Waals surface area contributed by atoms with E-state index >= 15 is 0 Å². The average Bonchev–Trinajstić information content (AvgIpc) is 3.26. The predicted molar refractivity (Wildman–Crippen MR) is 97.7 cm³/mol. The van der Waals surface area contributed by atoms with E-state index in [1.165, 1.54) is 17.5 Å². The number of benzene rings is 1. The molecule has 2 atom stereocenters. The van der Waals surface area contributed by atoms with Gasteiger partial charge >= 0.3 is 0 Å². The summed E-state index contributed by atoms with van der Waals surface area (Å²) in [5, 5.41) is 6.18. The first-order valence-electron chi connectivity index (χ1n) is 9.07. The van der Waals surface area contributed by atoms with E-state index in [2.05, 4.69) is 32.7 Å². The second-order valence-corrected chi connectivity index (χ2v) is 7.04. The van der Waals surface area contributed by atoms with Crippen LogP contribution in [0.1, 0.15) is 36.8 Å². The summed E-state index contributed by atoms with van der Waals surface area (Å²) in [4.78, 5) is 19.8. The van der Waals surface area contributed by atoms with Gasteiger partial charge in [0.2, 0.25) is 11.9 Å². The Kier molecular flexibility index (Phi) is 4.44. The molecule has 0 bridgehead atoms. The van der Waals surface area contributed by atoms with Crippen LogP contribution in [0.3, 0.4) is 0 Å². The van der Waals surface area contributed by atoms with E-state index in [1.54, 1.807) is 0 Å². The number of amides is 1. The summed E-state index contributed by atoms with van der Waals surface area (Å²) in [6.07, 6.45) is 6.90. The number of nitrogens with zero attached hydrogens (tertiary/aromatic N) is 2. The highest BCUT2D eigenvalue weighted by Crippen LogP contribution is 2.29. The molecule has 2 aliphatic rings. The van der Waals surface area contributed by atoms with Crippen molar-refractivity contribution in [2.75, 3.05) is 10.6 Å². The maximum Gasteiger partial charge on any atom is 0.229 e. The zero-order valence-electron chi connectivity index (χ0n) is 14.5. The quantitative estimate of drug-likeness (QED) is 0.767. The normalized spacial score (nSPS) is 21.4. The number of primary amides is 1. The van der Waals surface area contributed by atoms with E-state index in [0.29, 0.717) is 5.95 Å². The Morgan fingerprint density at radius 3 is 2.88 bits per heavy atom. The first-order valence-corrected chi connectivity index (χ1v) is 9.07. The molecule has 0 unspecified atom stereocenters. The third-order valence-corrected chi connectivity index (χ3v) is 5.30. The van der Waals surface area contributed by atoms with Crippen molar-refractivity contribution in [2.24, 2.45) is 11.7 Å². The van der Waals surface area contributed by atoms with E-state index in [0.717, 1.165) is 44.0 Å². The minimum Gasteiger partial charge on any atom is -0.369 e. The zero-order chi connectivity index (χ0) is 18.1. The highest BCUT2D eigenvalue weighted by atomic mass is 19.1. The predicted octanol–water partition coefficient (Wildman–Crippen LogP) is 2.91. The number of carbonyl (C=O) groups is 1. The fourth-order valence-electron chi connectivity index (χ4n) is 3.96. The Balaban J connectivity index is 1.52. The van der Waals surface area contributed by atoms with Crippen LogP contribution in [-0.4, -0.2) is 21.9 Å². The van der Waals surface area contributed by atoms with Crippen LogP contribution < -0.4 is 16.4 Å². The maximum absolute atomic E-state index is 14.1. The number of hydrogen-bond acceptors (Lipinski definition) is 5. The van der Waals surface area contributed by atoms with Gasteiger partial charge in [0.25, 0.3) is 0 Å². The minimum atomic E-state index is -0.542. The molecule has 2 aliphatic carbocycles. The van der Waals surface area contributed by atoms with Crippen LogP contribution >= 0.6 is 0 Å². The molecule has 0 spiro atoms. The van der Waals surface area contributed by atoms with Gasteiger partial charge in [-0.25, -0.2) is 9.37 Å². The Bertz CT molecular complexity index is 841. The lowest BCUT2D eigenvalue weighted by molar-refractivity contribution is -0.121. The molecule has 4 rings (SSSR count). The lowest BCUT2D eigenvalue weighted by Crippen LogP contribution is -2.34. The fourth-order valence-corrected chi connectivity index (χ4v) is 3.96. The molecule has 0 radical (unpaired) electrons. The van der Waals surface area contributed by atoms with Crippen molar-refractivity contribution in [1.82, 2.24) is 9.97 Å². The van der Waals surface area contributed by atoms with Gasteiger partial charge in [-0.1, -0.05) is 12.5 Å². The number of aryl methyl sites for hydroxylation is 2. The first kappa shape index (κ1) is 16.8. The zero-order valence-corrected chi connectivity index (χ0v) is 14.5. The molecule has 1 heterocycles. The lowest BCUT2D eigenvalue weighted by atomic mass is 10.0. The van der Waals surface area contributed by atoms with Crippen molar-refractivity contribution in [3.63, 3.8) is 0 Å². The van der Waals surface area contributed by atoms with Gasteiger partial charge in [-0.2, -0.15) is 4.98 Å². The Morgan fingerprint density at radius 2 is 2.04 bits per heavy atom. The van der Waals surface area contributed by atoms with Gasteiger partial charge in [-0.05, 0) is 55.4 Å². The lowest BCUT2D eigenvalue weighted by Gasteiger charge is -2.19. The van der Waals surface area contributed by atoms with Crippen LogP contribution in [0, 0.1) is 11.7 Å². The number of rotatable bonds is 5. The van der Waals surface area contributed by atoms with Crippen molar-refractivity contribution < 1.29 is 9.18 Å². The molecule has 136 valence electrons. The monoisotopic (exact) mass is 355 g/mol. The molecule has 1 fully saturated rings. The summed E-state index contributed by atoms with van der Waals surface area (Å²) in [6.45, 7) is 0. The third kappa shape index (κ3) is 3.34. The van der Waals surface area contributed by atoms with Gasteiger partial charge in [0, 0.05) is 11.7 Å². The van der Waals surface area contributed by atoms with Crippen LogP contribution in [0.25, 0.3) is 0 Å². The number of hydrogen-bond donors (Lipinski definition) is 3. The van der Waals surface area contributed by atoms with E-state index in [-0.39, 0.29) is 23.7 Å². The standard InChI is InChI=1S/C19H22FN5O/c20-15-10-22-19(23-13-8-7-11-3-1-4-12(11)9-13)25-18(15)24-16-6-2-5-14(16)17(21)26/h7-10,14,16H,1-6H2,(H2,21,26)(H2,22,23,24,25)/t14-,16+/m1/s1. The van der Waals surface area contributed by atoms with Crippen molar-refractivity contribution in [3.8, 4) is 0 Å². The number of anilines is 3. The number of fused-ring (bicyclic) bond motifs is 1. The number of aromatic nitrogens is 2. The van der Waals surface area contributed by atoms with Gasteiger partial charge in [0.05, 0.1) is 12.1 Å².